The minimum absolute atomic E-state index is 0.136. The van der Waals surface area contributed by atoms with E-state index >= 15 is 0 Å². The highest BCUT2D eigenvalue weighted by Gasteiger charge is 2.56. The van der Waals surface area contributed by atoms with Gasteiger partial charge in [-0.2, -0.15) is 0 Å². The molecule has 0 N–H and O–H groups in total. The lowest BCUT2D eigenvalue weighted by atomic mass is 9.92. The monoisotopic (exact) mass is 244 g/mol. The maximum atomic E-state index is 11.9. The molecule has 0 amide bonds. The van der Waals surface area contributed by atoms with Crippen molar-refractivity contribution in [3.8, 4) is 0 Å². The zero-order valence-electron chi connectivity index (χ0n) is 10.3. The van der Waals surface area contributed by atoms with Crippen LogP contribution in [-0.4, -0.2) is 43.1 Å². The lowest BCUT2D eigenvalue weighted by Gasteiger charge is -2.15. The van der Waals surface area contributed by atoms with E-state index in [1.165, 1.54) is 21.0 Å². The van der Waals surface area contributed by atoms with Crippen molar-refractivity contribution in [1.82, 2.24) is 0 Å². The lowest BCUT2D eigenvalue weighted by Crippen LogP contribution is -2.37. The van der Waals surface area contributed by atoms with Gasteiger partial charge in [0.15, 0.2) is 17.8 Å². The van der Waals surface area contributed by atoms with Crippen molar-refractivity contribution < 1.29 is 28.6 Å². The summed E-state index contributed by atoms with van der Waals surface area (Å²) in [4.78, 5) is 35.0. The number of methoxy groups -OCH3 is 1. The Morgan fingerprint density at radius 2 is 1.94 bits per heavy atom. The fourth-order valence-electron chi connectivity index (χ4n) is 1.72. The molecule has 2 unspecified atom stereocenters. The summed E-state index contributed by atoms with van der Waals surface area (Å²) in [6, 6.07) is 0. The minimum atomic E-state index is -1.24. The van der Waals surface area contributed by atoms with Crippen LogP contribution >= 0.6 is 0 Å². The Morgan fingerprint density at radius 1 is 1.35 bits per heavy atom. The van der Waals surface area contributed by atoms with Gasteiger partial charge in [0.1, 0.15) is 5.60 Å². The molecule has 2 atom stereocenters. The zero-order valence-corrected chi connectivity index (χ0v) is 10.3. The molecule has 1 heterocycles. The molecule has 0 aromatic rings. The van der Waals surface area contributed by atoms with E-state index in [0.29, 0.717) is 0 Å². The van der Waals surface area contributed by atoms with Gasteiger partial charge < -0.3 is 14.2 Å². The number of Topliss-reactive ketones (excluding diaryl/α,β-unsaturated/α-hetero) is 1. The average Bonchev–Trinajstić information content (AvgIpc) is 2.50. The number of ketones is 1. The lowest BCUT2D eigenvalue weighted by molar-refractivity contribution is -0.165. The van der Waals surface area contributed by atoms with E-state index in [1.807, 2.05) is 0 Å². The highest BCUT2D eigenvalue weighted by molar-refractivity contribution is 6.08. The molecular formula is C11H16O6. The Labute approximate surface area is 99.2 Å². The summed E-state index contributed by atoms with van der Waals surface area (Å²) < 4.78 is 14.5. The molecule has 0 bridgehead atoms. The Balaban J connectivity index is 3.00. The zero-order chi connectivity index (χ0) is 13.2. The molecule has 0 spiro atoms. The van der Waals surface area contributed by atoms with Gasteiger partial charge in [-0.05, 0) is 20.8 Å². The second-order valence-electron chi connectivity index (χ2n) is 4.17. The van der Waals surface area contributed by atoms with Gasteiger partial charge in [-0.1, -0.05) is 0 Å². The maximum Gasteiger partial charge on any atom is 0.336 e. The van der Waals surface area contributed by atoms with E-state index in [4.69, 9.17) is 9.47 Å². The highest BCUT2D eigenvalue weighted by atomic mass is 16.6. The van der Waals surface area contributed by atoms with Crippen molar-refractivity contribution in [3.63, 3.8) is 0 Å². The summed E-state index contributed by atoms with van der Waals surface area (Å²) in [7, 11) is 1.17. The SMILES string of the molecule is CCOC(=O)C1C(=O)C(C)(C)OC1C(=O)OC. The summed E-state index contributed by atoms with van der Waals surface area (Å²) in [5.41, 5.74) is -1.18. The molecule has 0 aromatic heterocycles. The molecule has 0 saturated carbocycles. The molecule has 6 nitrogen and oxygen atoms in total. The molecule has 1 fully saturated rings. The Kier molecular flexibility index (Phi) is 3.87. The van der Waals surface area contributed by atoms with Crippen LogP contribution in [0.25, 0.3) is 0 Å². The molecule has 0 aromatic carbocycles. The van der Waals surface area contributed by atoms with Crippen molar-refractivity contribution in [2.75, 3.05) is 13.7 Å². The first-order valence-electron chi connectivity index (χ1n) is 5.31. The molecule has 17 heavy (non-hydrogen) atoms. The molecule has 1 aliphatic rings. The van der Waals surface area contributed by atoms with Gasteiger partial charge in [0.25, 0.3) is 0 Å². The fourth-order valence-corrected chi connectivity index (χ4v) is 1.72. The number of carbonyl (C=O) groups excluding carboxylic acids is 3. The smallest absolute Gasteiger partial charge is 0.336 e. The van der Waals surface area contributed by atoms with E-state index in [-0.39, 0.29) is 6.61 Å². The number of ether oxygens (including phenoxy) is 3. The number of hydrogen-bond donors (Lipinski definition) is 0. The Bertz CT molecular complexity index is 346. The topological polar surface area (TPSA) is 78.9 Å². The fraction of sp³-hybridized carbons (Fsp3) is 0.727. The molecule has 1 aliphatic heterocycles. The van der Waals surface area contributed by atoms with Gasteiger partial charge in [-0.15, -0.1) is 0 Å². The number of hydrogen-bond acceptors (Lipinski definition) is 6. The van der Waals surface area contributed by atoms with Crippen LogP contribution in [0.5, 0.6) is 0 Å². The van der Waals surface area contributed by atoms with Gasteiger partial charge in [0.2, 0.25) is 0 Å². The van der Waals surface area contributed by atoms with Gasteiger partial charge >= 0.3 is 11.9 Å². The second kappa shape index (κ2) is 4.83. The van der Waals surface area contributed by atoms with E-state index in [1.54, 1.807) is 6.92 Å². The van der Waals surface area contributed by atoms with Crippen molar-refractivity contribution in [1.29, 1.82) is 0 Å². The van der Waals surface area contributed by atoms with Gasteiger partial charge in [-0.25, -0.2) is 4.79 Å². The summed E-state index contributed by atoms with van der Waals surface area (Å²) in [5, 5.41) is 0. The van der Waals surface area contributed by atoms with Crippen LogP contribution in [0.4, 0.5) is 0 Å². The van der Waals surface area contributed by atoms with Crippen LogP contribution in [0.1, 0.15) is 20.8 Å². The third-order valence-corrected chi connectivity index (χ3v) is 2.57. The maximum absolute atomic E-state index is 11.9. The van der Waals surface area contributed by atoms with E-state index in [9.17, 15) is 14.4 Å². The van der Waals surface area contributed by atoms with Crippen LogP contribution in [-0.2, 0) is 28.6 Å². The quantitative estimate of drug-likeness (QED) is 0.517. The third-order valence-electron chi connectivity index (χ3n) is 2.57. The summed E-state index contributed by atoms with van der Waals surface area (Å²) in [6.07, 6.45) is -1.22. The minimum Gasteiger partial charge on any atom is -0.467 e. The Morgan fingerprint density at radius 3 is 2.41 bits per heavy atom. The first-order valence-corrected chi connectivity index (χ1v) is 5.31. The normalized spacial score (nSPS) is 26.7. The predicted molar refractivity (Wildman–Crippen MR) is 56.1 cm³/mol. The van der Waals surface area contributed by atoms with E-state index < -0.39 is 35.3 Å². The van der Waals surface area contributed by atoms with Gasteiger partial charge in [-0.3, -0.25) is 9.59 Å². The second-order valence-corrected chi connectivity index (χ2v) is 4.17. The number of rotatable bonds is 3. The van der Waals surface area contributed by atoms with Gasteiger partial charge in [0.05, 0.1) is 13.7 Å². The highest BCUT2D eigenvalue weighted by Crippen LogP contribution is 2.32. The molecule has 1 saturated heterocycles. The van der Waals surface area contributed by atoms with Crippen LogP contribution in [0.2, 0.25) is 0 Å². The van der Waals surface area contributed by atoms with Crippen molar-refractivity contribution in [2.45, 2.75) is 32.5 Å². The predicted octanol–water partition coefficient (Wildman–Crippen LogP) is 0.0852. The molecular weight excluding hydrogens is 228 g/mol. The van der Waals surface area contributed by atoms with Gasteiger partial charge in [0, 0.05) is 0 Å². The van der Waals surface area contributed by atoms with Crippen molar-refractivity contribution in [3.05, 3.63) is 0 Å². The standard InChI is InChI=1S/C11H16O6/c1-5-16-9(13)6-7(10(14)15-4)17-11(2,3)8(6)12/h6-7H,5H2,1-4H3. The first-order chi connectivity index (χ1) is 7.85. The molecule has 0 radical (unpaired) electrons. The Hall–Kier alpha value is -1.43. The molecule has 1 rings (SSSR count). The summed E-state index contributed by atoms with van der Waals surface area (Å²) in [5.74, 6) is -3.20. The molecule has 6 heteroatoms. The van der Waals surface area contributed by atoms with Crippen molar-refractivity contribution >= 4 is 17.7 Å². The largest absolute Gasteiger partial charge is 0.467 e. The molecule has 96 valence electrons. The van der Waals surface area contributed by atoms with Crippen LogP contribution in [0, 0.1) is 5.92 Å². The van der Waals surface area contributed by atoms with Crippen molar-refractivity contribution in [2.24, 2.45) is 5.92 Å². The third kappa shape index (κ3) is 2.46. The number of carbonyl (C=O) groups is 3. The number of esters is 2. The first kappa shape index (κ1) is 13.6. The molecule has 0 aliphatic carbocycles. The van der Waals surface area contributed by atoms with Crippen LogP contribution < -0.4 is 0 Å². The van der Waals surface area contributed by atoms with E-state index in [2.05, 4.69) is 4.74 Å². The van der Waals surface area contributed by atoms with Crippen LogP contribution in [0.15, 0.2) is 0 Å². The summed E-state index contributed by atoms with van der Waals surface area (Å²) >= 11 is 0. The summed E-state index contributed by atoms with van der Waals surface area (Å²) in [6.45, 7) is 4.77. The van der Waals surface area contributed by atoms with Crippen LogP contribution in [0.3, 0.4) is 0 Å². The van der Waals surface area contributed by atoms with E-state index in [0.717, 1.165) is 0 Å². The average molecular weight is 244 g/mol.